The van der Waals surface area contributed by atoms with E-state index in [1.807, 2.05) is 30.3 Å². The van der Waals surface area contributed by atoms with Crippen LogP contribution in [-0.4, -0.2) is 22.6 Å². The number of non-ortho nitro benzene ring substituents is 1. The Morgan fingerprint density at radius 1 is 1.19 bits per heavy atom. The molecule has 0 amide bonds. The molecule has 3 aromatic rings. The molecule has 10 heteroatoms. The van der Waals surface area contributed by atoms with Gasteiger partial charge in [0.1, 0.15) is 5.00 Å². The number of hydrogen-bond donors (Lipinski definition) is 2. The molecule has 0 aliphatic rings. The summed E-state index contributed by atoms with van der Waals surface area (Å²) in [5.74, 6) is -0.461. The van der Waals surface area contributed by atoms with Gasteiger partial charge in [0.05, 0.1) is 27.8 Å². The Hall–Kier alpha value is -3.01. The summed E-state index contributed by atoms with van der Waals surface area (Å²) in [7, 11) is 0. The Morgan fingerprint density at radius 3 is 2.61 bits per heavy atom. The molecule has 0 saturated heterocycles. The summed E-state index contributed by atoms with van der Waals surface area (Å²) in [5, 5.41) is 17.8. The van der Waals surface area contributed by atoms with E-state index in [0.717, 1.165) is 10.4 Å². The molecule has 2 aromatic carbocycles. The summed E-state index contributed by atoms with van der Waals surface area (Å²) >= 11 is 12.8. The van der Waals surface area contributed by atoms with E-state index in [9.17, 15) is 14.9 Å². The molecule has 0 spiro atoms. The molecule has 0 saturated carbocycles. The lowest BCUT2D eigenvalue weighted by atomic mass is 10.1. The van der Waals surface area contributed by atoms with Crippen LogP contribution >= 0.6 is 35.2 Å². The number of thiocarbonyl (C=S) groups is 1. The number of nitro benzene ring substituents is 1. The van der Waals surface area contributed by atoms with Crippen LogP contribution in [0.4, 0.5) is 16.4 Å². The van der Waals surface area contributed by atoms with E-state index in [1.165, 1.54) is 29.5 Å². The third-order valence-corrected chi connectivity index (χ3v) is 5.72. The minimum absolute atomic E-state index is 0.122. The van der Waals surface area contributed by atoms with Crippen LogP contribution in [0, 0.1) is 10.1 Å². The molecule has 1 heterocycles. The van der Waals surface area contributed by atoms with Gasteiger partial charge in [-0.15, -0.1) is 11.3 Å². The van der Waals surface area contributed by atoms with E-state index < -0.39 is 10.9 Å². The van der Waals surface area contributed by atoms with Crippen molar-refractivity contribution in [2.45, 2.75) is 13.3 Å². The molecule has 0 aliphatic heterocycles. The molecule has 31 heavy (non-hydrogen) atoms. The maximum atomic E-state index is 12.4. The van der Waals surface area contributed by atoms with Crippen molar-refractivity contribution in [3.63, 3.8) is 0 Å². The third-order valence-electron chi connectivity index (χ3n) is 4.14. The molecule has 2 N–H and O–H groups in total. The van der Waals surface area contributed by atoms with Gasteiger partial charge in [0.15, 0.2) is 5.11 Å². The van der Waals surface area contributed by atoms with Crippen LogP contribution in [0.25, 0.3) is 0 Å². The number of carbonyl (C=O) groups is 1. The zero-order valence-electron chi connectivity index (χ0n) is 16.4. The zero-order chi connectivity index (χ0) is 22.4. The SMILES string of the molecule is CCOC(=O)c1cc(Cc2ccccc2)sc1NC(=S)Nc1cc([N+](=O)[O-])ccc1Cl. The molecule has 0 aliphatic carbocycles. The minimum atomic E-state index is -0.522. The zero-order valence-corrected chi connectivity index (χ0v) is 18.8. The van der Waals surface area contributed by atoms with Gasteiger partial charge in [-0.3, -0.25) is 10.1 Å². The predicted molar refractivity (Wildman–Crippen MR) is 127 cm³/mol. The summed E-state index contributed by atoms with van der Waals surface area (Å²) in [6.07, 6.45) is 0.649. The highest BCUT2D eigenvalue weighted by atomic mass is 35.5. The summed E-state index contributed by atoms with van der Waals surface area (Å²) in [6.45, 7) is 1.98. The van der Waals surface area contributed by atoms with E-state index in [1.54, 1.807) is 13.0 Å². The summed E-state index contributed by atoms with van der Waals surface area (Å²) in [5.41, 5.74) is 1.64. The lowest BCUT2D eigenvalue weighted by Crippen LogP contribution is -2.20. The van der Waals surface area contributed by atoms with Crippen molar-refractivity contribution in [2.24, 2.45) is 0 Å². The lowest BCUT2D eigenvalue weighted by molar-refractivity contribution is -0.384. The molecule has 0 unspecified atom stereocenters. The number of nitro groups is 1. The van der Waals surface area contributed by atoms with Crippen LogP contribution in [0.5, 0.6) is 0 Å². The molecule has 1 aromatic heterocycles. The number of benzene rings is 2. The number of nitrogens with zero attached hydrogens (tertiary/aromatic N) is 1. The van der Waals surface area contributed by atoms with Gasteiger partial charge in [-0.05, 0) is 36.8 Å². The van der Waals surface area contributed by atoms with Gasteiger partial charge >= 0.3 is 5.97 Å². The molecule has 160 valence electrons. The first-order valence-electron chi connectivity index (χ1n) is 9.23. The number of halogens is 1. The van der Waals surface area contributed by atoms with Gasteiger partial charge in [0.25, 0.3) is 5.69 Å². The van der Waals surface area contributed by atoms with Crippen LogP contribution in [0.1, 0.15) is 27.7 Å². The van der Waals surface area contributed by atoms with Crippen LogP contribution < -0.4 is 10.6 Å². The van der Waals surface area contributed by atoms with E-state index in [4.69, 9.17) is 28.6 Å². The summed E-state index contributed by atoms with van der Waals surface area (Å²) in [4.78, 5) is 23.9. The van der Waals surface area contributed by atoms with E-state index >= 15 is 0 Å². The molecule has 7 nitrogen and oxygen atoms in total. The third kappa shape index (κ3) is 6.00. The first kappa shape index (κ1) is 22.7. The van der Waals surface area contributed by atoms with Crippen molar-refractivity contribution >= 4 is 62.6 Å². The Morgan fingerprint density at radius 2 is 1.94 bits per heavy atom. The van der Waals surface area contributed by atoms with Gasteiger partial charge < -0.3 is 15.4 Å². The highest BCUT2D eigenvalue weighted by Gasteiger charge is 2.19. The predicted octanol–water partition coefficient (Wildman–Crippen LogP) is 5.89. The van der Waals surface area contributed by atoms with Crippen LogP contribution in [0.3, 0.4) is 0 Å². The molecule has 0 fully saturated rings. The standard InChI is InChI=1S/C21H18ClN3O4S2/c1-2-29-20(26)16-12-15(10-13-6-4-3-5-7-13)31-19(16)24-21(30)23-18-11-14(25(27)28)8-9-17(18)22/h3-9,11-12H,2,10H2,1H3,(H2,23,24,30). The topological polar surface area (TPSA) is 93.5 Å². The largest absolute Gasteiger partial charge is 0.462 e. The number of esters is 1. The first-order chi connectivity index (χ1) is 14.9. The van der Waals surface area contributed by atoms with Crippen molar-refractivity contribution in [2.75, 3.05) is 17.2 Å². The normalized spacial score (nSPS) is 10.4. The summed E-state index contributed by atoms with van der Waals surface area (Å²) in [6, 6.07) is 15.7. The monoisotopic (exact) mass is 475 g/mol. The molecule has 3 rings (SSSR count). The minimum Gasteiger partial charge on any atom is -0.462 e. The van der Waals surface area contributed by atoms with Gasteiger partial charge in [0.2, 0.25) is 0 Å². The Labute approximate surface area is 193 Å². The molecule has 0 radical (unpaired) electrons. The maximum Gasteiger partial charge on any atom is 0.341 e. The fourth-order valence-corrected chi connectivity index (χ4v) is 4.28. The number of rotatable bonds is 7. The average molecular weight is 476 g/mol. The first-order valence-corrected chi connectivity index (χ1v) is 10.8. The average Bonchev–Trinajstić information content (AvgIpc) is 3.12. The molecular formula is C21H18ClN3O4S2. The number of ether oxygens (including phenoxy) is 1. The smallest absolute Gasteiger partial charge is 0.341 e. The number of anilines is 2. The summed E-state index contributed by atoms with van der Waals surface area (Å²) < 4.78 is 5.16. The van der Waals surface area contributed by atoms with Crippen molar-refractivity contribution in [1.82, 2.24) is 0 Å². The maximum absolute atomic E-state index is 12.4. The molecule has 0 bridgehead atoms. The quantitative estimate of drug-likeness (QED) is 0.190. The Kier molecular flexibility index (Phi) is 7.56. The van der Waals surface area contributed by atoms with Crippen molar-refractivity contribution in [3.8, 4) is 0 Å². The fraction of sp³-hybridized carbons (Fsp3) is 0.143. The second-order valence-electron chi connectivity index (χ2n) is 6.34. The second kappa shape index (κ2) is 10.3. The van der Waals surface area contributed by atoms with E-state index in [2.05, 4.69) is 10.6 Å². The van der Waals surface area contributed by atoms with Crippen molar-refractivity contribution in [3.05, 3.63) is 85.7 Å². The number of nitrogens with one attached hydrogen (secondary N) is 2. The van der Waals surface area contributed by atoms with Crippen molar-refractivity contribution in [1.29, 1.82) is 0 Å². The number of thiophene rings is 1. The molecule has 0 atom stereocenters. The van der Waals surface area contributed by atoms with E-state index in [0.29, 0.717) is 17.0 Å². The van der Waals surface area contributed by atoms with E-state index in [-0.39, 0.29) is 28.1 Å². The molecular weight excluding hydrogens is 458 g/mol. The van der Waals surface area contributed by atoms with Crippen molar-refractivity contribution < 1.29 is 14.5 Å². The second-order valence-corrected chi connectivity index (χ2v) is 8.29. The van der Waals surface area contributed by atoms with Crippen LogP contribution in [-0.2, 0) is 11.2 Å². The number of carbonyl (C=O) groups excluding carboxylic acids is 1. The lowest BCUT2D eigenvalue weighted by Gasteiger charge is -2.11. The van der Waals surface area contributed by atoms with Gasteiger partial charge in [0, 0.05) is 23.4 Å². The Bertz CT molecular complexity index is 1120. The Balaban J connectivity index is 1.82. The highest BCUT2D eigenvalue weighted by molar-refractivity contribution is 7.80. The van der Waals surface area contributed by atoms with Crippen LogP contribution in [0.15, 0.2) is 54.6 Å². The number of hydrogen-bond acceptors (Lipinski definition) is 6. The fourth-order valence-electron chi connectivity index (χ4n) is 2.76. The van der Waals surface area contributed by atoms with Crippen LogP contribution in [0.2, 0.25) is 5.02 Å². The highest BCUT2D eigenvalue weighted by Crippen LogP contribution is 2.32. The van der Waals surface area contributed by atoms with Gasteiger partial charge in [-0.1, -0.05) is 41.9 Å². The van der Waals surface area contributed by atoms with Gasteiger partial charge in [-0.25, -0.2) is 4.79 Å². The van der Waals surface area contributed by atoms with Gasteiger partial charge in [-0.2, -0.15) is 0 Å².